The molecule has 2 rings (SSSR count). The van der Waals surface area contributed by atoms with Crippen LogP contribution in [0.2, 0.25) is 0 Å². The van der Waals surface area contributed by atoms with Crippen LogP contribution in [0, 0.1) is 0 Å². The Balaban J connectivity index is 2.00. The van der Waals surface area contributed by atoms with Gasteiger partial charge in [0.05, 0.1) is 27.2 Å². The first kappa shape index (κ1) is 19.5. The second kappa shape index (κ2) is 9.06. The van der Waals surface area contributed by atoms with Gasteiger partial charge in [0.15, 0.2) is 11.5 Å². The molecule has 1 saturated heterocycles. The number of carbonyl (C=O) groups is 1. The topological polar surface area (TPSA) is 51.2 Å². The molecule has 0 radical (unpaired) electrons. The lowest BCUT2D eigenvalue weighted by atomic mass is 10.1. The van der Waals surface area contributed by atoms with Crippen LogP contribution in [0.4, 0.5) is 0 Å². The molecule has 1 amide bonds. The highest BCUT2D eigenvalue weighted by Crippen LogP contribution is 2.28. The molecule has 0 N–H and O–H groups in total. The summed E-state index contributed by atoms with van der Waals surface area (Å²) >= 11 is 0. The number of ether oxygens (including phenoxy) is 3. The van der Waals surface area contributed by atoms with E-state index in [0.29, 0.717) is 36.6 Å². The van der Waals surface area contributed by atoms with Gasteiger partial charge >= 0.3 is 0 Å². The number of amides is 1. The van der Waals surface area contributed by atoms with Crippen molar-refractivity contribution in [3.8, 4) is 11.5 Å². The Morgan fingerprint density at radius 3 is 2.28 bits per heavy atom. The molecule has 6 heteroatoms. The average molecular weight is 350 g/mol. The van der Waals surface area contributed by atoms with E-state index in [-0.39, 0.29) is 5.91 Å². The van der Waals surface area contributed by atoms with Gasteiger partial charge in [0, 0.05) is 38.8 Å². The molecule has 1 aromatic carbocycles. The van der Waals surface area contributed by atoms with Crippen molar-refractivity contribution >= 4 is 5.91 Å². The minimum Gasteiger partial charge on any atom is -0.493 e. The van der Waals surface area contributed by atoms with Gasteiger partial charge in [-0.15, -0.1) is 0 Å². The predicted octanol–water partition coefficient (Wildman–Crippen LogP) is 1.81. The van der Waals surface area contributed by atoms with E-state index in [0.717, 1.165) is 25.2 Å². The van der Waals surface area contributed by atoms with Crippen LogP contribution in [0.15, 0.2) is 18.2 Å². The summed E-state index contributed by atoms with van der Waals surface area (Å²) < 4.78 is 15.8. The lowest BCUT2D eigenvalue weighted by Crippen LogP contribution is -2.58. The first-order valence-corrected chi connectivity index (χ1v) is 8.73. The molecule has 0 aromatic heterocycles. The zero-order valence-electron chi connectivity index (χ0n) is 15.9. The van der Waals surface area contributed by atoms with E-state index in [1.54, 1.807) is 21.3 Å². The van der Waals surface area contributed by atoms with Gasteiger partial charge in [0.1, 0.15) is 0 Å². The Bertz CT molecular complexity index is 567. The van der Waals surface area contributed by atoms with Crippen LogP contribution >= 0.6 is 0 Å². The first-order valence-electron chi connectivity index (χ1n) is 8.73. The maximum atomic E-state index is 12.7. The maximum Gasteiger partial charge on any atom is 0.227 e. The zero-order valence-corrected chi connectivity index (χ0v) is 15.9. The molecule has 6 nitrogen and oxygen atoms in total. The number of piperazine rings is 1. The van der Waals surface area contributed by atoms with Crippen LogP contribution in [-0.2, 0) is 16.0 Å². The number of nitrogens with zero attached hydrogens (tertiary/aromatic N) is 2. The maximum absolute atomic E-state index is 12.7. The van der Waals surface area contributed by atoms with Crippen molar-refractivity contribution in [2.24, 2.45) is 0 Å². The van der Waals surface area contributed by atoms with Crippen LogP contribution in [0.25, 0.3) is 0 Å². The van der Waals surface area contributed by atoms with E-state index in [9.17, 15) is 4.79 Å². The van der Waals surface area contributed by atoms with Gasteiger partial charge in [0.2, 0.25) is 5.91 Å². The summed E-state index contributed by atoms with van der Waals surface area (Å²) in [5.74, 6) is 1.48. The molecule has 1 aromatic rings. The summed E-state index contributed by atoms with van der Waals surface area (Å²) in [5, 5.41) is 0. The average Bonchev–Trinajstić information content (AvgIpc) is 2.60. The number of carbonyl (C=O) groups excluding carboxylic acids is 1. The molecule has 1 aliphatic rings. The van der Waals surface area contributed by atoms with Gasteiger partial charge < -0.3 is 19.1 Å². The van der Waals surface area contributed by atoms with Gasteiger partial charge in [-0.2, -0.15) is 0 Å². The largest absolute Gasteiger partial charge is 0.493 e. The number of rotatable bonds is 7. The van der Waals surface area contributed by atoms with Gasteiger partial charge in [-0.3, -0.25) is 9.69 Å². The molecule has 0 bridgehead atoms. The van der Waals surface area contributed by atoms with Crippen LogP contribution in [0.1, 0.15) is 19.4 Å². The lowest BCUT2D eigenvalue weighted by Gasteiger charge is -2.44. The SMILES string of the molecule is COCCN1C(C)CN(C(=O)Cc2ccc(OC)c(OC)c2)CC1C. The van der Waals surface area contributed by atoms with Crippen molar-refractivity contribution in [3.05, 3.63) is 23.8 Å². The van der Waals surface area contributed by atoms with E-state index in [2.05, 4.69) is 18.7 Å². The molecule has 0 aliphatic carbocycles. The van der Waals surface area contributed by atoms with Gasteiger partial charge in [-0.25, -0.2) is 0 Å². The Kier molecular flexibility index (Phi) is 7.08. The second-order valence-corrected chi connectivity index (χ2v) is 6.59. The zero-order chi connectivity index (χ0) is 18.4. The van der Waals surface area contributed by atoms with E-state index in [1.807, 2.05) is 23.1 Å². The fourth-order valence-electron chi connectivity index (χ4n) is 3.47. The Morgan fingerprint density at radius 1 is 1.08 bits per heavy atom. The second-order valence-electron chi connectivity index (χ2n) is 6.59. The Labute approximate surface area is 150 Å². The third-order valence-corrected chi connectivity index (χ3v) is 4.81. The van der Waals surface area contributed by atoms with Gasteiger partial charge in [0.25, 0.3) is 0 Å². The minimum atomic E-state index is 0.150. The fraction of sp³-hybridized carbons (Fsp3) is 0.632. The highest BCUT2D eigenvalue weighted by Gasteiger charge is 2.31. The summed E-state index contributed by atoms with van der Waals surface area (Å²) in [5.41, 5.74) is 0.935. The van der Waals surface area contributed by atoms with E-state index >= 15 is 0 Å². The molecule has 1 fully saturated rings. The van der Waals surface area contributed by atoms with E-state index in [1.165, 1.54) is 0 Å². The third kappa shape index (κ3) is 4.86. The summed E-state index contributed by atoms with van der Waals surface area (Å²) in [4.78, 5) is 17.1. The van der Waals surface area contributed by atoms with Crippen molar-refractivity contribution in [3.63, 3.8) is 0 Å². The van der Waals surface area contributed by atoms with Crippen molar-refractivity contribution < 1.29 is 19.0 Å². The molecule has 25 heavy (non-hydrogen) atoms. The molecule has 140 valence electrons. The molecule has 1 aliphatic heterocycles. The number of benzene rings is 1. The Morgan fingerprint density at radius 2 is 1.72 bits per heavy atom. The lowest BCUT2D eigenvalue weighted by molar-refractivity contribution is -0.135. The summed E-state index contributed by atoms with van der Waals surface area (Å²) in [6.45, 7) is 7.45. The molecule has 0 spiro atoms. The Hall–Kier alpha value is -1.79. The highest BCUT2D eigenvalue weighted by molar-refractivity contribution is 5.79. The monoisotopic (exact) mass is 350 g/mol. The van der Waals surface area contributed by atoms with E-state index < -0.39 is 0 Å². The predicted molar refractivity (Wildman–Crippen MR) is 97.3 cm³/mol. The number of methoxy groups -OCH3 is 3. The van der Waals surface area contributed by atoms with Crippen molar-refractivity contribution in [2.75, 3.05) is 47.6 Å². The molecular formula is C19H30N2O4. The van der Waals surface area contributed by atoms with Crippen molar-refractivity contribution in [1.82, 2.24) is 9.80 Å². The van der Waals surface area contributed by atoms with Gasteiger partial charge in [-0.1, -0.05) is 6.07 Å². The quantitative estimate of drug-likeness (QED) is 0.751. The first-order chi connectivity index (χ1) is 12.0. The van der Waals surface area contributed by atoms with Crippen molar-refractivity contribution in [2.45, 2.75) is 32.4 Å². The number of hydrogen-bond donors (Lipinski definition) is 0. The van der Waals surface area contributed by atoms with E-state index in [4.69, 9.17) is 14.2 Å². The van der Waals surface area contributed by atoms with Crippen LogP contribution in [0.5, 0.6) is 11.5 Å². The fourth-order valence-corrected chi connectivity index (χ4v) is 3.47. The van der Waals surface area contributed by atoms with Crippen molar-refractivity contribution in [1.29, 1.82) is 0 Å². The molecule has 1 heterocycles. The standard InChI is InChI=1S/C19H30N2O4/c1-14-12-20(13-15(2)21(14)8-9-23-3)19(22)11-16-6-7-17(24-4)18(10-16)25-5/h6-7,10,14-15H,8-9,11-13H2,1-5H3. The molecule has 0 saturated carbocycles. The summed E-state index contributed by atoms with van der Waals surface area (Å²) in [6, 6.07) is 6.29. The van der Waals surface area contributed by atoms with Crippen LogP contribution < -0.4 is 9.47 Å². The normalized spacial score (nSPS) is 21.2. The number of hydrogen-bond acceptors (Lipinski definition) is 5. The minimum absolute atomic E-state index is 0.150. The summed E-state index contributed by atoms with van der Waals surface area (Å²) in [7, 11) is 4.93. The van der Waals surface area contributed by atoms with Crippen LogP contribution in [-0.4, -0.2) is 75.4 Å². The molecule has 2 atom stereocenters. The molecular weight excluding hydrogens is 320 g/mol. The van der Waals surface area contributed by atoms with Gasteiger partial charge in [-0.05, 0) is 31.5 Å². The highest BCUT2D eigenvalue weighted by atomic mass is 16.5. The summed E-state index contributed by atoms with van der Waals surface area (Å²) in [6.07, 6.45) is 0.373. The van der Waals surface area contributed by atoms with Crippen LogP contribution in [0.3, 0.4) is 0 Å². The molecule has 2 unspecified atom stereocenters. The smallest absolute Gasteiger partial charge is 0.227 e. The third-order valence-electron chi connectivity index (χ3n) is 4.81.